The zero-order valence-corrected chi connectivity index (χ0v) is 13.2. The van der Waals surface area contributed by atoms with E-state index in [1.807, 2.05) is 0 Å². The maximum atomic E-state index is 3.89. The lowest BCUT2D eigenvalue weighted by Gasteiger charge is -2.30. The van der Waals surface area contributed by atoms with Gasteiger partial charge >= 0.3 is 0 Å². The Morgan fingerprint density at radius 1 is 0.947 bits per heavy atom. The second-order valence-corrected chi connectivity index (χ2v) is 7.01. The molecule has 0 aromatic heterocycles. The van der Waals surface area contributed by atoms with E-state index in [2.05, 4.69) is 24.2 Å². The first-order valence-electron chi connectivity index (χ1n) is 8.69. The molecule has 0 bridgehead atoms. The largest absolute Gasteiger partial charge is 0.314 e. The second kappa shape index (κ2) is 8.26. The van der Waals surface area contributed by atoms with Gasteiger partial charge in [0.1, 0.15) is 0 Å². The Balaban J connectivity index is 1.63. The monoisotopic (exact) mass is 266 g/mol. The molecule has 2 aliphatic rings. The summed E-state index contributed by atoms with van der Waals surface area (Å²) in [7, 11) is 2.25. The first kappa shape index (κ1) is 15.3. The van der Waals surface area contributed by atoms with Gasteiger partial charge in [0.15, 0.2) is 0 Å². The van der Waals surface area contributed by atoms with Gasteiger partial charge in [-0.1, -0.05) is 32.6 Å². The molecule has 1 aliphatic heterocycles. The van der Waals surface area contributed by atoms with Gasteiger partial charge in [-0.15, -0.1) is 0 Å². The zero-order valence-electron chi connectivity index (χ0n) is 13.2. The van der Waals surface area contributed by atoms with E-state index in [4.69, 9.17) is 0 Å². The number of piperidine rings is 1. The van der Waals surface area contributed by atoms with Crippen molar-refractivity contribution in [2.24, 2.45) is 11.8 Å². The summed E-state index contributed by atoms with van der Waals surface area (Å²) in [6.45, 7) is 6.21. The lowest BCUT2D eigenvalue weighted by molar-refractivity contribution is 0.211. The zero-order chi connectivity index (χ0) is 13.5. The number of likely N-dealkylation sites (tertiary alicyclic amines) is 1. The van der Waals surface area contributed by atoms with Crippen LogP contribution in [0, 0.1) is 11.8 Å². The molecule has 0 radical (unpaired) electrons. The number of hydrogen-bond donors (Lipinski definition) is 1. The SMILES string of the molecule is CCCC1CCCC(NCC2CCN(C)CC2)CC1. The molecule has 19 heavy (non-hydrogen) atoms. The van der Waals surface area contributed by atoms with Gasteiger partial charge in [-0.05, 0) is 70.6 Å². The van der Waals surface area contributed by atoms with E-state index < -0.39 is 0 Å². The van der Waals surface area contributed by atoms with Crippen LogP contribution < -0.4 is 5.32 Å². The number of rotatable bonds is 5. The Morgan fingerprint density at radius 3 is 2.47 bits per heavy atom. The molecule has 2 heteroatoms. The van der Waals surface area contributed by atoms with Crippen molar-refractivity contribution >= 4 is 0 Å². The van der Waals surface area contributed by atoms with Crippen molar-refractivity contribution in [1.82, 2.24) is 10.2 Å². The van der Waals surface area contributed by atoms with E-state index in [0.29, 0.717) is 0 Å². The van der Waals surface area contributed by atoms with Crippen LogP contribution in [0.5, 0.6) is 0 Å². The summed E-state index contributed by atoms with van der Waals surface area (Å²) >= 11 is 0. The van der Waals surface area contributed by atoms with Crippen molar-refractivity contribution in [2.75, 3.05) is 26.7 Å². The molecule has 1 saturated carbocycles. The smallest absolute Gasteiger partial charge is 0.00672 e. The highest BCUT2D eigenvalue weighted by atomic mass is 15.1. The van der Waals surface area contributed by atoms with Crippen LogP contribution in [0.4, 0.5) is 0 Å². The summed E-state index contributed by atoms with van der Waals surface area (Å²) in [4.78, 5) is 2.47. The van der Waals surface area contributed by atoms with Crippen molar-refractivity contribution in [1.29, 1.82) is 0 Å². The normalized spacial score (nSPS) is 31.3. The predicted molar refractivity (Wildman–Crippen MR) is 83.5 cm³/mol. The number of nitrogens with zero attached hydrogens (tertiary/aromatic N) is 1. The van der Waals surface area contributed by atoms with Crippen LogP contribution in [-0.2, 0) is 0 Å². The average molecular weight is 266 g/mol. The average Bonchev–Trinajstić information content (AvgIpc) is 2.64. The third-order valence-corrected chi connectivity index (χ3v) is 5.32. The van der Waals surface area contributed by atoms with Gasteiger partial charge in [0.25, 0.3) is 0 Å². The van der Waals surface area contributed by atoms with Crippen LogP contribution in [0.1, 0.15) is 64.7 Å². The van der Waals surface area contributed by atoms with Crippen LogP contribution in [0.2, 0.25) is 0 Å². The third-order valence-electron chi connectivity index (χ3n) is 5.32. The topological polar surface area (TPSA) is 15.3 Å². The molecule has 1 aliphatic carbocycles. The summed E-state index contributed by atoms with van der Waals surface area (Å²) in [5, 5.41) is 3.89. The Kier molecular flexibility index (Phi) is 6.66. The first-order chi connectivity index (χ1) is 9.28. The summed E-state index contributed by atoms with van der Waals surface area (Å²) in [6.07, 6.45) is 12.9. The molecule has 1 saturated heterocycles. The molecule has 1 N–H and O–H groups in total. The highest BCUT2D eigenvalue weighted by molar-refractivity contribution is 4.78. The first-order valence-corrected chi connectivity index (χ1v) is 8.69. The molecule has 2 nitrogen and oxygen atoms in total. The summed E-state index contributed by atoms with van der Waals surface area (Å²) < 4.78 is 0. The van der Waals surface area contributed by atoms with E-state index in [-0.39, 0.29) is 0 Å². The van der Waals surface area contributed by atoms with Gasteiger partial charge < -0.3 is 10.2 Å². The number of hydrogen-bond acceptors (Lipinski definition) is 2. The fourth-order valence-corrected chi connectivity index (χ4v) is 3.88. The molecule has 2 unspecified atom stereocenters. The molecule has 0 aromatic carbocycles. The quantitative estimate of drug-likeness (QED) is 0.764. The Bertz CT molecular complexity index is 233. The Morgan fingerprint density at radius 2 is 1.74 bits per heavy atom. The van der Waals surface area contributed by atoms with E-state index >= 15 is 0 Å². The summed E-state index contributed by atoms with van der Waals surface area (Å²) in [5.74, 6) is 1.96. The van der Waals surface area contributed by atoms with Gasteiger partial charge in [-0.2, -0.15) is 0 Å². The molecule has 2 atom stereocenters. The van der Waals surface area contributed by atoms with Gasteiger partial charge in [0.05, 0.1) is 0 Å². The van der Waals surface area contributed by atoms with Crippen LogP contribution in [-0.4, -0.2) is 37.6 Å². The van der Waals surface area contributed by atoms with Crippen molar-refractivity contribution < 1.29 is 0 Å². The minimum atomic E-state index is 0.821. The molecule has 0 spiro atoms. The molecule has 2 fully saturated rings. The minimum absolute atomic E-state index is 0.821. The summed E-state index contributed by atoms with van der Waals surface area (Å²) in [5.41, 5.74) is 0. The van der Waals surface area contributed by atoms with Crippen molar-refractivity contribution in [3.05, 3.63) is 0 Å². The standard InChI is InChI=1S/C17H34N2/c1-3-5-15-6-4-7-17(9-8-15)18-14-16-10-12-19(2)13-11-16/h15-18H,3-14H2,1-2H3. The molecule has 112 valence electrons. The minimum Gasteiger partial charge on any atom is -0.314 e. The van der Waals surface area contributed by atoms with Crippen LogP contribution in [0.15, 0.2) is 0 Å². The molecular weight excluding hydrogens is 232 g/mol. The highest BCUT2D eigenvalue weighted by Gasteiger charge is 2.20. The Hall–Kier alpha value is -0.0800. The fourth-order valence-electron chi connectivity index (χ4n) is 3.88. The van der Waals surface area contributed by atoms with Crippen molar-refractivity contribution in [3.8, 4) is 0 Å². The van der Waals surface area contributed by atoms with Crippen molar-refractivity contribution in [3.63, 3.8) is 0 Å². The summed E-state index contributed by atoms with van der Waals surface area (Å²) in [6, 6.07) is 0.821. The van der Waals surface area contributed by atoms with Gasteiger partial charge in [0, 0.05) is 6.04 Å². The predicted octanol–water partition coefficient (Wildman–Crippen LogP) is 3.67. The maximum absolute atomic E-state index is 3.89. The Labute approximate surface area is 120 Å². The molecule has 0 aromatic rings. The lowest BCUT2D eigenvalue weighted by Crippen LogP contribution is -2.38. The van der Waals surface area contributed by atoms with E-state index in [0.717, 1.165) is 17.9 Å². The number of nitrogens with one attached hydrogen (secondary N) is 1. The van der Waals surface area contributed by atoms with E-state index in [1.165, 1.54) is 77.4 Å². The molecular formula is C17H34N2. The second-order valence-electron chi connectivity index (χ2n) is 7.01. The van der Waals surface area contributed by atoms with Gasteiger partial charge in [0.2, 0.25) is 0 Å². The van der Waals surface area contributed by atoms with E-state index in [9.17, 15) is 0 Å². The lowest BCUT2D eigenvalue weighted by atomic mass is 9.95. The van der Waals surface area contributed by atoms with E-state index in [1.54, 1.807) is 0 Å². The van der Waals surface area contributed by atoms with Crippen LogP contribution >= 0.6 is 0 Å². The molecule has 1 heterocycles. The molecule has 2 rings (SSSR count). The molecule has 0 amide bonds. The van der Waals surface area contributed by atoms with Gasteiger partial charge in [-0.3, -0.25) is 0 Å². The van der Waals surface area contributed by atoms with Crippen LogP contribution in [0.25, 0.3) is 0 Å². The maximum Gasteiger partial charge on any atom is 0.00672 e. The van der Waals surface area contributed by atoms with Gasteiger partial charge in [-0.25, -0.2) is 0 Å². The third kappa shape index (κ3) is 5.43. The van der Waals surface area contributed by atoms with Crippen molar-refractivity contribution in [2.45, 2.75) is 70.8 Å². The van der Waals surface area contributed by atoms with Crippen LogP contribution in [0.3, 0.4) is 0 Å². The highest BCUT2D eigenvalue weighted by Crippen LogP contribution is 2.27. The fraction of sp³-hybridized carbons (Fsp3) is 1.00.